The number of carbonyl (C=O) groups excluding carboxylic acids is 2. The maximum Gasteiger partial charge on any atom is 0.252 e. The summed E-state index contributed by atoms with van der Waals surface area (Å²) in [6.45, 7) is 4.71. The van der Waals surface area contributed by atoms with E-state index in [0.717, 1.165) is 6.26 Å². The van der Waals surface area contributed by atoms with Crippen LogP contribution < -0.4 is 10.6 Å². The van der Waals surface area contributed by atoms with Gasteiger partial charge in [0.2, 0.25) is 5.91 Å². The Kier molecular flexibility index (Phi) is 6.00. The van der Waals surface area contributed by atoms with Crippen molar-refractivity contribution in [3.8, 4) is 11.3 Å². The lowest BCUT2D eigenvalue weighted by molar-refractivity contribution is -0.146. The number of amides is 2. The highest BCUT2D eigenvalue weighted by Gasteiger charge is 2.48. The summed E-state index contributed by atoms with van der Waals surface area (Å²) in [7, 11) is -3.59. The molecule has 2 amide bonds. The molecule has 0 aliphatic carbocycles. The van der Waals surface area contributed by atoms with Gasteiger partial charge in [-0.3, -0.25) is 9.59 Å². The number of carbonyl (C=O) groups is 2. The molecule has 1 aliphatic heterocycles. The third kappa shape index (κ3) is 4.31. The minimum Gasteiger partial charge on any atom is -0.382 e. The van der Waals surface area contributed by atoms with Crippen LogP contribution in [0.4, 0.5) is 15.9 Å². The van der Waals surface area contributed by atoms with E-state index in [-0.39, 0.29) is 18.1 Å². The normalized spacial score (nSPS) is 18.3. The van der Waals surface area contributed by atoms with Gasteiger partial charge in [-0.2, -0.15) is 5.10 Å². The van der Waals surface area contributed by atoms with Crippen LogP contribution in [0, 0.1) is 5.82 Å². The first-order valence-corrected chi connectivity index (χ1v) is 13.1. The van der Waals surface area contributed by atoms with Gasteiger partial charge in [-0.15, -0.1) is 0 Å². The van der Waals surface area contributed by atoms with Gasteiger partial charge >= 0.3 is 0 Å². The third-order valence-corrected chi connectivity index (χ3v) is 7.09. The molecule has 3 heterocycles. The van der Waals surface area contributed by atoms with Gasteiger partial charge < -0.3 is 15.5 Å². The fraction of sp³-hybridized carbons (Fsp3) is 0.364. The Bertz CT molecular complexity index is 1470. The summed E-state index contributed by atoms with van der Waals surface area (Å²) in [4.78, 5) is 32.7. The fourth-order valence-corrected chi connectivity index (χ4v) is 5.22. The third-order valence-electron chi connectivity index (χ3n) is 6.03. The second-order valence-electron chi connectivity index (χ2n) is 9.11. The molecular formula is C22H24ClFN6O4S. The van der Waals surface area contributed by atoms with Gasteiger partial charge in [-0.05, 0) is 45.0 Å². The van der Waals surface area contributed by atoms with E-state index in [1.165, 1.54) is 52.7 Å². The number of aromatic nitrogens is 3. The molecule has 0 spiro atoms. The lowest BCUT2D eigenvalue weighted by Crippen LogP contribution is -2.68. The largest absolute Gasteiger partial charge is 0.382 e. The van der Waals surface area contributed by atoms with Crippen LogP contribution in [0.5, 0.6) is 0 Å². The number of hydrogen-bond acceptors (Lipinski definition) is 7. The number of nitrogens with zero attached hydrogens (tertiary/aromatic N) is 5. The number of nitrogen functional groups attached to an aromatic ring is 1. The van der Waals surface area contributed by atoms with Crippen molar-refractivity contribution in [2.45, 2.75) is 32.4 Å². The van der Waals surface area contributed by atoms with Gasteiger partial charge in [0.25, 0.3) is 5.91 Å². The Morgan fingerprint density at radius 2 is 2.00 bits per heavy atom. The Morgan fingerprint density at radius 3 is 2.66 bits per heavy atom. The molecule has 1 aromatic carbocycles. The summed E-state index contributed by atoms with van der Waals surface area (Å²) in [5, 5.41) is 4.50. The fourth-order valence-electron chi connectivity index (χ4n) is 4.33. The zero-order valence-electron chi connectivity index (χ0n) is 19.5. The standard InChI is InChI=1S/C22H24ClFN6O4S/c1-12-9-28(18(31)10-35(4,33)34)22(2,3)21(32)29(12)17-7-13(5-6-15(17)24)16-8-14(23)19-20(25)26-11-27-30(16)19/h5-8,11-12H,9-10H2,1-4H3,(H2,25,26,27)/t12-/m0/s1. The van der Waals surface area contributed by atoms with Crippen LogP contribution in [-0.2, 0) is 19.4 Å². The lowest BCUT2D eigenvalue weighted by atomic mass is 9.93. The lowest BCUT2D eigenvalue weighted by Gasteiger charge is -2.49. The minimum atomic E-state index is -3.59. The van der Waals surface area contributed by atoms with Gasteiger partial charge in [-0.25, -0.2) is 22.3 Å². The van der Waals surface area contributed by atoms with Gasteiger partial charge in [0.05, 0.1) is 22.4 Å². The van der Waals surface area contributed by atoms with Crippen molar-refractivity contribution in [3.05, 3.63) is 41.4 Å². The zero-order valence-corrected chi connectivity index (χ0v) is 21.1. The molecule has 186 valence electrons. The summed E-state index contributed by atoms with van der Waals surface area (Å²) < 4.78 is 39.9. The summed E-state index contributed by atoms with van der Waals surface area (Å²) >= 11 is 6.33. The topological polar surface area (TPSA) is 131 Å². The van der Waals surface area contributed by atoms with Crippen molar-refractivity contribution >= 4 is 50.3 Å². The van der Waals surface area contributed by atoms with Crippen molar-refractivity contribution in [2.75, 3.05) is 29.2 Å². The van der Waals surface area contributed by atoms with Crippen LogP contribution in [0.2, 0.25) is 5.02 Å². The smallest absolute Gasteiger partial charge is 0.252 e. The van der Waals surface area contributed by atoms with E-state index in [1.807, 2.05) is 0 Å². The molecule has 1 aliphatic rings. The summed E-state index contributed by atoms with van der Waals surface area (Å²) in [6.07, 6.45) is 2.23. The van der Waals surface area contributed by atoms with E-state index in [2.05, 4.69) is 10.1 Å². The van der Waals surface area contributed by atoms with E-state index in [9.17, 15) is 18.0 Å². The summed E-state index contributed by atoms with van der Waals surface area (Å²) in [5.41, 5.74) is 5.97. The van der Waals surface area contributed by atoms with Crippen LogP contribution in [0.15, 0.2) is 30.6 Å². The Labute approximate surface area is 206 Å². The second kappa shape index (κ2) is 8.45. The quantitative estimate of drug-likeness (QED) is 0.555. The monoisotopic (exact) mass is 522 g/mol. The predicted octanol–water partition coefficient (Wildman–Crippen LogP) is 2.16. The number of sulfone groups is 1. The van der Waals surface area contributed by atoms with Crippen molar-refractivity contribution in [1.29, 1.82) is 0 Å². The highest BCUT2D eigenvalue weighted by molar-refractivity contribution is 7.91. The molecule has 10 nitrogen and oxygen atoms in total. The zero-order chi connectivity index (χ0) is 25.9. The average molecular weight is 523 g/mol. The molecule has 0 radical (unpaired) electrons. The van der Waals surface area contributed by atoms with E-state index >= 15 is 4.39 Å². The molecule has 2 N–H and O–H groups in total. The number of nitrogens with two attached hydrogens (primary N) is 1. The van der Waals surface area contributed by atoms with Gasteiger partial charge in [-0.1, -0.05) is 11.6 Å². The van der Waals surface area contributed by atoms with E-state index in [1.54, 1.807) is 13.0 Å². The van der Waals surface area contributed by atoms with E-state index in [4.69, 9.17) is 17.3 Å². The maximum atomic E-state index is 15.1. The molecule has 35 heavy (non-hydrogen) atoms. The highest BCUT2D eigenvalue weighted by Crippen LogP contribution is 2.36. The number of piperazine rings is 1. The molecule has 4 rings (SSSR count). The molecule has 1 saturated heterocycles. The Hall–Kier alpha value is -3.25. The number of hydrogen-bond donors (Lipinski definition) is 1. The Balaban J connectivity index is 1.77. The van der Waals surface area contributed by atoms with Crippen molar-refractivity contribution in [1.82, 2.24) is 19.5 Å². The SMILES string of the molecule is C[C@H]1CN(C(=O)CS(C)(=O)=O)C(C)(C)C(=O)N1c1cc(-c2cc(Cl)c3c(N)ncnn23)ccc1F. The second-order valence-corrected chi connectivity index (χ2v) is 11.7. The molecule has 0 unspecified atom stereocenters. The number of benzene rings is 1. The van der Waals surface area contributed by atoms with E-state index in [0.29, 0.717) is 21.8 Å². The van der Waals surface area contributed by atoms with E-state index < -0.39 is 44.8 Å². The van der Waals surface area contributed by atoms with Gasteiger partial charge in [0, 0.05) is 18.4 Å². The summed E-state index contributed by atoms with van der Waals surface area (Å²) in [5.74, 6) is -2.40. The van der Waals surface area contributed by atoms with Crippen LogP contribution in [0.25, 0.3) is 16.8 Å². The minimum absolute atomic E-state index is 0.0105. The van der Waals surface area contributed by atoms with Gasteiger partial charge in [0.15, 0.2) is 15.7 Å². The molecule has 0 saturated carbocycles. The average Bonchev–Trinajstić information content (AvgIpc) is 3.09. The first-order chi connectivity index (χ1) is 16.2. The molecule has 1 fully saturated rings. The van der Waals surface area contributed by atoms with Crippen molar-refractivity contribution in [3.63, 3.8) is 0 Å². The molecular weight excluding hydrogens is 499 g/mol. The van der Waals surface area contributed by atoms with Crippen molar-refractivity contribution in [2.24, 2.45) is 0 Å². The van der Waals surface area contributed by atoms with Crippen molar-refractivity contribution < 1.29 is 22.4 Å². The first kappa shape index (κ1) is 24.9. The number of halogens is 2. The van der Waals surface area contributed by atoms with Crippen LogP contribution in [0.3, 0.4) is 0 Å². The number of anilines is 2. The van der Waals surface area contributed by atoms with Crippen LogP contribution >= 0.6 is 11.6 Å². The van der Waals surface area contributed by atoms with Crippen LogP contribution in [-0.4, -0.2) is 69.9 Å². The highest BCUT2D eigenvalue weighted by atomic mass is 35.5. The van der Waals surface area contributed by atoms with Gasteiger partial charge in [0.1, 0.15) is 29.0 Å². The van der Waals surface area contributed by atoms with Crippen LogP contribution in [0.1, 0.15) is 20.8 Å². The molecule has 13 heteroatoms. The predicted molar refractivity (Wildman–Crippen MR) is 130 cm³/mol. The maximum absolute atomic E-state index is 15.1. The Morgan fingerprint density at radius 1 is 1.31 bits per heavy atom. The molecule has 3 aromatic rings. The summed E-state index contributed by atoms with van der Waals surface area (Å²) in [6, 6.07) is 5.26. The first-order valence-electron chi connectivity index (χ1n) is 10.6. The molecule has 0 bridgehead atoms. The molecule has 2 aromatic heterocycles. The molecule has 1 atom stereocenters. The number of fused-ring (bicyclic) bond motifs is 1. The number of rotatable bonds is 4.